The smallest absolute Gasteiger partial charge is 0.229 e. The molecule has 1 aliphatic heterocycles. The van der Waals surface area contributed by atoms with Crippen LogP contribution in [0.25, 0.3) is 0 Å². The molecular formula is C9H20N2O4S2. The molecule has 17 heavy (non-hydrogen) atoms. The van der Waals surface area contributed by atoms with Crippen LogP contribution >= 0.6 is 0 Å². The molecule has 1 heterocycles. The molecule has 6 nitrogen and oxygen atoms in total. The van der Waals surface area contributed by atoms with Gasteiger partial charge in [0.1, 0.15) is 0 Å². The van der Waals surface area contributed by atoms with Gasteiger partial charge >= 0.3 is 0 Å². The molecule has 0 amide bonds. The van der Waals surface area contributed by atoms with E-state index in [1.165, 1.54) is 14.1 Å². The molecule has 1 N–H and O–H groups in total. The summed E-state index contributed by atoms with van der Waals surface area (Å²) in [6, 6.07) is 0. The maximum atomic E-state index is 11.3. The minimum absolute atomic E-state index is 0.198. The fourth-order valence-corrected chi connectivity index (χ4v) is 4.39. The van der Waals surface area contributed by atoms with Crippen LogP contribution in [0.5, 0.6) is 0 Å². The summed E-state index contributed by atoms with van der Waals surface area (Å²) >= 11 is 0. The van der Waals surface area contributed by atoms with Gasteiger partial charge in [-0.3, -0.25) is 0 Å². The fourth-order valence-electron chi connectivity index (χ4n) is 1.82. The van der Waals surface area contributed by atoms with Crippen molar-refractivity contribution < 1.29 is 16.8 Å². The van der Waals surface area contributed by atoms with Crippen LogP contribution in [0.15, 0.2) is 0 Å². The number of nitrogens with one attached hydrogen (secondary N) is 1. The summed E-state index contributed by atoms with van der Waals surface area (Å²) in [4.78, 5) is 0. The summed E-state index contributed by atoms with van der Waals surface area (Å²) in [6.45, 7) is 0.358. The second kappa shape index (κ2) is 5.64. The van der Waals surface area contributed by atoms with E-state index >= 15 is 0 Å². The summed E-state index contributed by atoms with van der Waals surface area (Å²) in [5.41, 5.74) is 0. The van der Waals surface area contributed by atoms with Gasteiger partial charge in [-0.15, -0.1) is 0 Å². The molecule has 0 aromatic carbocycles. The van der Waals surface area contributed by atoms with Crippen molar-refractivity contribution in [1.82, 2.24) is 9.03 Å². The lowest BCUT2D eigenvalue weighted by atomic mass is 10.0. The van der Waals surface area contributed by atoms with E-state index in [0.717, 1.165) is 10.7 Å². The Kier molecular flexibility index (Phi) is 4.94. The van der Waals surface area contributed by atoms with Crippen molar-refractivity contribution in [2.75, 3.05) is 32.1 Å². The number of nitrogens with zero attached hydrogens (tertiary/aromatic N) is 1. The van der Waals surface area contributed by atoms with Crippen LogP contribution in [0.1, 0.15) is 19.3 Å². The van der Waals surface area contributed by atoms with E-state index in [1.54, 1.807) is 0 Å². The minimum atomic E-state index is -3.35. The molecular weight excluding hydrogens is 264 g/mol. The Labute approximate surface area is 103 Å². The van der Waals surface area contributed by atoms with E-state index in [1.807, 2.05) is 0 Å². The molecule has 1 atom stereocenters. The third kappa shape index (κ3) is 4.90. The first-order valence-electron chi connectivity index (χ1n) is 5.60. The van der Waals surface area contributed by atoms with Crippen LogP contribution in [0.3, 0.4) is 0 Å². The molecule has 8 heteroatoms. The van der Waals surface area contributed by atoms with Crippen LogP contribution in [0, 0.1) is 5.92 Å². The van der Waals surface area contributed by atoms with Gasteiger partial charge in [-0.1, -0.05) is 0 Å². The Bertz CT molecular complexity index is 442. The monoisotopic (exact) mass is 284 g/mol. The van der Waals surface area contributed by atoms with E-state index in [2.05, 4.69) is 4.72 Å². The van der Waals surface area contributed by atoms with Gasteiger partial charge in [0.25, 0.3) is 10.2 Å². The van der Waals surface area contributed by atoms with Gasteiger partial charge in [0, 0.05) is 20.6 Å². The van der Waals surface area contributed by atoms with Crippen molar-refractivity contribution in [3.63, 3.8) is 0 Å². The quantitative estimate of drug-likeness (QED) is 0.673. The Morgan fingerprint density at radius 1 is 1.35 bits per heavy atom. The second-order valence-electron chi connectivity index (χ2n) is 4.59. The third-order valence-electron chi connectivity index (χ3n) is 2.88. The third-order valence-corrected chi connectivity index (χ3v) is 6.25. The molecule has 1 fully saturated rings. The van der Waals surface area contributed by atoms with Crippen molar-refractivity contribution in [3.8, 4) is 0 Å². The van der Waals surface area contributed by atoms with Crippen LogP contribution in [0.2, 0.25) is 0 Å². The Hall–Kier alpha value is -0.180. The predicted molar refractivity (Wildman–Crippen MR) is 66.6 cm³/mol. The van der Waals surface area contributed by atoms with Crippen molar-refractivity contribution in [1.29, 1.82) is 0 Å². The van der Waals surface area contributed by atoms with Crippen LogP contribution in [-0.4, -0.2) is 53.3 Å². The lowest BCUT2D eigenvalue weighted by Crippen LogP contribution is -2.36. The van der Waals surface area contributed by atoms with Gasteiger partial charge in [0.2, 0.25) is 0 Å². The summed E-state index contributed by atoms with van der Waals surface area (Å²) in [5, 5.41) is 0. The highest BCUT2D eigenvalue weighted by atomic mass is 32.2. The number of rotatable bonds is 6. The molecule has 0 saturated carbocycles. The second-order valence-corrected chi connectivity index (χ2v) is 8.79. The van der Waals surface area contributed by atoms with Crippen molar-refractivity contribution >= 4 is 20.0 Å². The van der Waals surface area contributed by atoms with E-state index < -0.39 is 20.0 Å². The van der Waals surface area contributed by atoms with Crippen molar-refractivity contribution in [2.24, 2.45) is 5.92 Å². The van der Waals surface area contributed by atoms with Crippen LogP contribution < -0.4 is 4.72 Å². The summed E-state index contributed by atoms with van der Waals surface area (Å²) in [7, 11) is -3.24. The van der Waals surface area contributed by atoms with E-state index in [-0.39, 0.29) is 17.4 Å². The number of hydrogen-bond acceptors (Lipinski definition) is 4. The average molecular weight is 284 g/mol. The zero-order chi connectivity index (χ0) is 13.1. The van der Waals surface area contributed by atoms with Crippen molar-refractivity contribution in [2.45, 2.75) is 19.3 Å². The topological polar surface area (TPSA) is 83.6 Å². The molecule has 102 valence electrons. The molecule has 1 saturated heterocycles. The fraction of sp³-hybridized carbons (Fsp3) is 1.00. The number of sulfone groups is 1. The number of hydrogen-bond donors (Lipinski definition) is 1. The van der Waals surface area contributed by atoms with Gasteiger partial charge < -0.3 is 0 Å². The molecule has 0 aromatic heterocycles. The molecule has 1 aliphatic rings. The van der Waals surface area contributed by atoms with Gasteiger partial charge in [-0.25, -0.2) is 13.1 Å². The Morgan fingerprint density at radius 2 is 2.00 bits per heavy atom. The molecule has 0 bridgehead atoms. The molecule has 1 unspecified atom stereocenters. The minimum Gasteiger partial charge on any atom is -0.229 e. The van der Waals surface area contributed by atoms with Gasteiger partial charge in [-0.2, -0.15) is 12.7 Å². The highest BCUT2D eigenvalue weighted by molar-refractivity contribution is 7.91. The highest BCUT2D eigenvalue weighted by Crippen LogP contribution is 2.22. The first-order chi connectivity index (χ1) is 7.73. The highest BCUT2D eigenvalue weighted by Gasteiger charge is 2.27. The van der Waals surface area contributed by atoms with E-state index in [9.17, 15) is 16.8 Å². The summed E-state index contributed by atoms with van der Waals surface area (Å²) < 4.78 is 48.7. The lowest BCUT2D eigenvalue weighted by molar-refractivity contribution is 0.488. The van der Waals surface area contributed by atoms with Crippen LogP contribution in [-0.2, 0) is 20.0 Å². The first-order valence-corrected chi connectivity index (χ1v) is 8.86. The average Bonchev–Trinajstić information content (AvgIpc) is 2.53. The van der Waals surface area contributed by atoms with Crippen LogP contribution in [0.4, 0.5) is 0 Å². The molecule has 1 rings (SSSR count). The maximum absolute atomic E-state index is 11.3. The van der Waals surface area contributed by atoms with E-state index in [0.29, 0.717) is 19.4 Å². The molecule has 0 spiro atoms. The lowest BCUT2D eigenvalue weighted by Gasteiger charge is -2.13. The Morgan fingerprint density at radius 3 is 2.47 bits per heavy atom. The van der Waals surface area contributed by atoms with Gasteiger partial charge in [0.15, 0.2) is 9.84 Å². The normalized spacial score (nSPS) is 24.3. The van der Waals surface area contributed by atoms with Gasteiger partial charge in [-0.05, 0) is 25.2 Å². The SMILES string of the molecule is CN(C)S(=O)(=O)NCCCC1CCS(=O)(=O)C1. The summed E-state index contributed by atoms with van der Waals surface area (Å²) in [5.74, 6) is 0.734. The largest absolute Gasteiger partial charge is 0.278 e. The zero-order valence-electron chi connectivity index (χ0n) is 10.2. The van der Waals surface area contributed by atoms with E-state index in [4.69, 9.17) is 0 Å². The Balaban J connectivity index is 2.22. The predicted octanol–water partition coefficient (Wildman–Crippen LogP) is -0.403. The molecule has 0 aromatic rings. The summed E-state index contributed by atoms with van der Waals surface area (Å²) in [6.07, 6.45) is 2.14. The molecule has 0 aliphatic carbocycles. The van der Waals surface area contributed by atoms with Crippen molar-refractivity contribution in [3.05, 3.63) is 0 Å². The maximum Gasteiger partial charge on any atom is 0.278 e. The first kappa shape index (κ1) is 14.9. The van der Waals surface area contributed by atoms with Gasteiger partial charge in [0.05, 0.1) is 11.5 Å². The zero-order valence-corrected chi connectivity index (χ0v) is 11.8. The molecule has 0 radical (unpaired) electrons. The standard InChI is InChI=1S/C9H20N2O4S2/c1-11(2)17(14,15)10-6-3-4-9-5-7-16(12,13)8-9/h9-10H,3-8H2,1-2H3.